The molecule has 16 heavy (non-hydrogen) atoms. The lowest BCUT2D eigenvalue weighted by Gasteiger charge is -2.32. The molecule has 88 valence electrons. The van der Waals surface area contributed by atoms with Crippen molar-refractivity contribution in [2.75, 3.05) is 11.5 Å². The zero-order valence-corrected chi connectivity index (χ0v) is 11.5. The normalized spacial score (nSPS) is 27.7. The van der Waals surface area contributed by atoms with Crippen LogP contribution in [0.25, 0.3) is 0 Å². The molecule has 0 aromatic heterocycles. The van der Waals surface area contributed by atoms with Gasteiger partial charge in [-0.25, -0.2) is 0 Å². The molecule has 1 aliphatic heterocycles. The maximum atomic E-state index is 6.38. The van der Waals surface area contributed by atoms with Crippen LogP contribution in [0.1, 0.15) is 24.1 Å². The molecule has 1 aromatic rings. The van der Waals surface area contributed by atoms with Crippen LogP contribution >= 0.6 is 23.5 Å². The molecule has 1 nitrogen and oxygen atoms in total. The van der Waals surface area contributed by atoms with Crippen LogP contribution in [0.2, 0.25) is 0 Å². The second-order valence-electron chi connectivity index (χ2n) is 4.35. The minimum atomic E-state index is 0.174. The van der Waals surface area contributed by atoms with Crippen LogP contribution in [-0.4, -0.2) is 22.0 Å². The molecule has 2 rings (SSSR count). The highest BCUT2D eigenvalue weighted by molar-refractivity contribution is 8.07. The Hall–Kier alpha value is -0.120. The number of thioether (sulfide) groups is 2. The molecule has 1 fully saturated rings. The zero-order valence-electron chi connectivity index (χ0n) is 9.85. The number of rotatable bonds is 2. The Labute approximate surface area is 107 Å². The number of aryl methyl sites for hydroxylation is 1. The first kappa shape index (κ1) is 12.3. The summed E-state index contributed by atoms with van der Waals surface area (Å²) in [7, 11) is 0. The van der Waals surface area contributed by atoms with Crippen molar-refractivity contribution in [3.63, 3.8) is 0 Å². The topological polar surface area (TPSA) is 26.0 Å². The SMILES string of the molecule is Cc1ccc(C(N)C2SCCSC2C)cc1. The zero-order chi connectivity index (χ0) is 11.5. The lowest BCUT2D eigenvalue weighted by atomic mass is 10.0. The Morgan fingerprint density at radius 2 is 1.81 bits per heavy atom. The van der Waals surface area contributed by atoms with Gasteiger partial charge in [0.25, 0.3) is 0 Å². The minimum absolute atomic E-state index is 0.174. The molecule has 0 saturated carbocycles. The maximum Gasteiger partial charge on any atom is 0.0426 e. The summed E-state index contributed by atoms with van der Waals surface area (Å²) in [6.07, 6.45) is 0. The Morgan fingerprint density at radius 3 is 2.44 bits per heavy atom. The second kappa shape index (κ2) is 5.48. The minimum Gasteiger partial charge on any atom is -0.323 e. The monoisotopic (exact) mass is 253 g/mol. The van der Waals surface area contributed by atoms with Crippen molar-refractivity contribution in [1.29, 1.82) is 0 Å². The summed E-state index contributed by atoms with van der Waals surface area (Å²) >= 11 is 4.08. The van der Waals surface area contributed by atoms with Crippen molar-refractivity contribution < 1.29 is 0 Å². The van der Waals surface area contributed by atoms with Crippen LogP contribution in [0.15, 0.2) is 24.3 Å². The van der Waals surface area contributed by atoms with Crippen molar-refractivity contribution in [2.45, 2.75) is 30.4 Å². The van der Waals surface area contributed by atoms with Crippen molar-refractivity contribution >= 4 is 23.5 Å². The molecule has 0 radical (unpaired) electrons. The van der Waals surface area contributed by atoms with Gasteiger partial charge in [-0.15, -0.1) is 0 Å². The molecule has 0 bridgehead atoms. The third-order valence-electron chi connectivity index (χ3n) is 3.05. The van der Waals surface area contributed by atoms with Crippen molar-refractivity contribution in [3.8, 4) is 0 Å². The van der Waals surface area contributed by atoms with Crippen LogP contribution in [0, 0.1) is 6.92 Å². The Kier molecular flexibility index (Phi) is 4.22. The van der Waals surface area contributed by atoms with Gasteiger partial charge in [-0.05, 0) is 12.5 Å². The quantitative estimate of drug-likeness (QED) is 0.876. The standard InChI is InChI=1S/C13H19NS2/c1-9-3-5-11(6-4-9)12(14)13-10(2)15-7-8-16-13/h3-6,10,12-13H,7-8,14H2,1-2H3. The molecule has 0 aliphatic carbocycles. The van der Waals surface area contributed by atoms with Crippen molar-refractivity contribution in [3.05, 3.63) is 35.4 Å². The fourth-order valence-corrected chi connectivity index (χ4v) is 4.90. The molecule has 3 atom stereocenters. The van der Waals surface area contributed by atoms with Gasteiger partial charge in [0.15, 0.2) is 0 Å². The first-order valence-corrected chi connectivity index (χ1v) is 7.83. The first-order chi connectivity index (χ1) is 7.68. The number of benzene rings is 1. The van der Waals surface area contributed by atoms with Gasteiger partial charge in [-0.2, -0.15) is 23.5 Å². The average Bonchev–Trinajstić information content (AvgIpc) is 2.30. The Balaban J connectivity index is 2.11. The molecule has 3 unspecified atom stereocenters. The second-order valence-corrected chi connectivity index (χ2v) is 7.12. The summed E-state index contributed by atoms with van der Waals surface area (Å²) in [4.78, 5) is 0. The molecule has 1 aromatic carbocycles. The molecular formula is C13H19NS2. The molecule has 3 heteroatoms. The summed E-state index contributed by atoms with van der Waals surface area (Å²) in [5, 5.41) is 1.22. The molecule has 0 spiro atoms. The summed E-state index contributed by atoms with van der Waals surface area (Å²) in [5.41, 5.74) is 8.95. The highest BCUT2D eigenvalue weighted by Crippen LogP contribution is 2.37. The third-order valence-corrected chi connectivity index (χ3v) is 6.27. The van der Waals surface area contributed by atoms with Gasteiger partial charge in [-0.3, -0.25) is 0 Å². The highest BCUT2D eigenvalue weighted by atomic mass is 32.2. The molecule has 1 saturated heterocycles. The number of hydrogen-bond donors (Lipinski definition) is 1. The highest BCUT2D eigenvalue weighted by Gasteiger charge is 2.28. The Morgan fingerprint density at radius 1 is 1.19 bits per heavy atom. The van der Waals surface area contributed by atoms with Gasteiger partial charge in [0.1, 0.15) is 0 Å². The molecule has 1 aliphatic rings. The van der Waals surface area contributed by atoms with Gasteiger partial charge < -0.3 is 5.73 Å². The maximum absolute atomic E-state index is 6.38. The summed E-state index contributed by atoms with van der Waals surface area (Å²) in [5.74, 6) is 2.50. The predicted octanol–water partition coefficient (Wildman–Crippen LogP) is 3.23. The van der Waals surface area contributed by atoms with Crippen LogP contribution < -0.4 is 5.73 Å². The van der Waals surface area contributed by atoms with E-state index in [1.54, 1.807) is 0 Å². The van der Waals surface area contributed by atoms with Gasteiger partial charge >= 0.3 is 0 Å². The van der Waals surface area contributed by atoms with E-state index < -0.39 is 0 Å². The van der Waals surface area contributed by atoms with Gasteiger partial charge in [-0.1, -0.05) is 36.8 Å². The largest absolute Gasteiger partial charge is 0.323 e. The number of nitrogens with two attached hydrogens (primary N) is 1. The van der Waals surface area contributed by atoms with E-state index in [9.17, 15) is 0 Å². The fraction of sp³-hybridized carbons (Fsp3) is 0.538. The Bertz CT molecular complexity index is 336. The first-order valence-electron chi connectivity index (χ1n) is 5.74. The van der Waals surface area contributed by atoms with E-state index in [0.717, 1.165) is 0 Å². The third kappa shape index (κ3) is 2.76. The average molecular weight is 253 g/mol. The molecule has 1 heterocycles. The lowest BCUT2D eigenvalue weighted by molar-refractivity contribution is 0.663. The van der Waals surface area contributed by atoms with E-state index in [2.05, 4.69) is 49.9 Å². The van der Waals surface area contributed by atoms with Crippen LogP contribution in [0.4, 0.5) is 0 Å². The smallest absolute Gasteiger partial charge is 0.0426 e. The van der Waals surface area contributed by atoms with E-state index >= 15 is 0 Å². The van der Waals surface area contributed by atoms with Crippen LogP contribution in [0.5, 0.6) is 0 Å². The molecule has 0 amide bonds. The number of hydrogen-bond acceptors (Lipinski definition) is 3. The van der Waals surface area contributed by atoms with Crippen LogP contribution in [-0.2, 0) is 0 Å². The van der Waals surface area contributed by atoms with E-state index in [-0.39, 0.29) is 6.04 Å². The summed E-state index contributed by atoms with van der Waals surface area (Å²) < 4.78 is 0. The van der Waals surface area contributed by atoms with Crippen molar-refractivity contribution in [1.82, 2.24) is 0 Å². The summed E-state index contributed by atoms with van der Waals surface area (Å²) in [6.45, 7) is 4.42. The molecular weight excluding hydrogens is 234 g/mol. The van der Waals surface area contributed by atoms with Gasteiger partial charge in [0.05, 0.1) is 0 Å². The summed E-state index contributed by atoms with van der Waals surface area (Å²) in [6, 6.07) is 8.83. The van der Waals surface area contributed by atoms with Gasteiger partial charge in [0, 0.05) is 28.0 Å². The van der Waals surface area contributed by atoms with E-state index in [1.165, 1.54) is 22.6 Å². The van der Waals surface area contributed by atoms with E-state index in [1.807, 2.05) is 11.8 Å². The van der Waals surface area contributed by atoms with Crippen LogP contribution in [0.3, 0.4) is 0 Å². The predicted molar refractivity (Wildman–Crippen MR) is 76.3 cm³/mol. The fourth-order valence-electron chi connectivity index (χ4n) is 2.02. The lowest BCUT2D eigenvalue weighted by Crippen LogP contribution is -2.34. The van der Waals surface area contributed by atoms with Crippen molar-refractivity contribution in [2.24, 2.45) is 5.73 Å². The van der Waals surface area contributed by atoms with Gasteiger partial charge in [0.2, 0.25) is 0 Å². The molecule has 2 N–H and O–H groups in total. The van der Waals surface area contributed by atoms with E-state index in [0.29, 0.717) is 10.5 Å². The van der Waals surface area contributed by atoms with E-state index in [4.69, 9.17) is 5.73 Å².